The summed E-state index contributed by atoms with van der Waals surface area (Å²) in [6.07, 6.45) is 2.07. The zero-order valence-corrected chi connectivity index (χ0v) is 11.7. The molecule has 20 heavy (non-hydrogen) atoms. The Kier molecular flexibility index (Phi) is 3.74. The quantitative estimate of drug-likeness (QED) is 0.902. The summed E-state index contributed by atoms with van der Waals surface area (Å²) in [5, 5.41) is 4.09. The van der Waals surface area contributed by atoms with Crippen LogP contribution in [0.3, 0.4) is 0 Å². The predicted octanol–water partition coefficient (Wildman–Crippen LogP) is 2.63. The molecular formula is C16H20N2O2. The highest BCUT2D eigenvalue weighted by atomic mass is 16.5. The zero-order chi connectivity index (χ0) is 13.9. The van der Waals surface area contributed by atoms with Crippen LogP contribution in [0.5, 0.6) is 0 Å². The van der Waals surface area contributed by atoms with Gasteiger partial charge in [-0.25, -0.2) is 0 Å². The number of hydrogen-bond acceptors (Lipinski definition) is 2. The molecule has 1 aliphatic rings. The van der Waals surface area contributed by atoms with Crippen molar-refractivity contribution in [3.05, 3.63) is 35.5 Å². The van der Waals surface area contributed by atoms with Crippen molar-refractivity contribution in [2.24, 2.45) is 5.92 Å². The van der Waals surface area contributed by atoms with Crippen LogP contribution in [-0.4, -0.2) is 30.6 Å². The van der Waals surface area contributed by atoms with Gasteiger partial charge < -0.3 is 15.0 Å². The molecule has 1 fully saturated rings. The van der Waals surface area contributed by atoms with E-state index in [0.29, 0.717) is 11.6 Å². The average molecular weight is 272 g/mol. The molecule has 2 aromatic rings. The first-order chi connectivity index (χ1) is 9.72. The van der Waals surface area contributed by atoms with Crippen molar-refractivity contribution in [2.45, 2.75) is 19.8 Å². The highest BCUT2D eigenvalue weighted by Gasteiger charge is 2.16. The van der Waals surface area contributed by atoms with E-state index in [1.807, 2.05) is 19.1 Å². The van der Waals surface area contributed by atoms with Gasteiger partial charge in [0.2, 0.25) is 0 Å². The van der Waals surface area contributed by atoms with E-state index in [0.717, 1.165) is 43.5 Å². The molecule has 0 atom stereocenters. The number of hydrogen-bond donors (Lipinski definition) is 2. The van der Waals surface area contributed by atoms with Gasteiger partial charge in [0, 0.05) is 30.7 Å². The number of carbonyl (C=O) groups is 1. The number of fused-ring (bicyclic) bond motifs is 1. The lowest BCUT2D eigenvalue weighted by Gasteiger charge is -2.21. The van der Waals surface area contributed by atoms with Crippen molar-refractivity contribution in [3.8, 4) is 0 Å². The van der Waals surface area contributed by atoms with Gasteiger partial charge in [-0.15, -0.1) is 0 Å². The van der Waals surface area contributed by atoms with Crippen molar-refractivity contribution in [1.82, 2.24) is 10.3 Å². The first-order valence-electron chi connectivity index (χ1n) is 7.18. The Bertz CT molecular complexity index is 612. The number of H-pyrrole nitrogens is 1. The molecule has 0 radical (unpaired) electrons. The minimum Gasteiger partial charge on any atom is -0.381 e. The van der Waals surface area contributed by atoms with E-state index < -0.39 is 0 Å². The van der Waals surface area contributed by atoms with Gasteiger partial charge in [0.1, 0.15) is 5.69 Å². The average Bonchev–Trinajstić information content (AvgIpc) is 2.89. The molecule has 4 nitrogen and oxygen atoms in total. The Morgan fingerprint density at radius 3 is 2.95 bits per heavy atom. The summed E-state index contributed by atoms with van der Waals surface area (Å²) in [6.45, 7) is 4.40. The van der Waals surface area contributed by atoms with E-state index in [1.165, 1.54) is 5.56 Å². The lowest BCUT2D eigenvalue weighted by molar-refractivity contribution is 0.0642. The number of aromatic nitrogens is 1. The maximum atomic E-state index is 12.2. The molecule has 0 unspecified atom stereocenters. The fourth-order valence-electron chi connectivity index (χ4n) is 2.65. The van der Waals surface area contributed by atoms with E-state index in [-0.39, 0.29) is 5.91 Å². The predicted molar refractivity (Wildman–Crippen MR) is 78.9 cm³/mol. The number of aromatic amines is 1. The van der Waals surface area contributed by atoms with Crippen molar-refractivity contribution in [2.75, 3.05) is 19.8 Å². The number of amides is 1. The SMILES string of the molecule is Cc1ccc2cc(C(=O)NCC3CCOCC3)[nH]c2c1. The van der Waals surface area contributed by atoms with E-state index in [9.17, 15) is 4.79 Å². The molecule has 106 valence electrons. The summed E-state index contributed by atoms with van der Waals surface area (Å²) in [6, 6.07) is 8.06. The number of nitrogens with one attached hydrogen (secondary N) is 2. The van der Waals surface area contributed by atoms with Crippen molar-refractivity contribution >= 4 is 16.8 Å². The lowest BCUT2D eigenvalue weighted by Crippen LogP contribution is -2.32. The minimum atomic E-state index is -0.0228. The van der Waals surface area contributed by atoms with E-state index >= 15 is 0 Å². The van der Waals surface area contributed by atoms with Crippen LogP contribution in [-0.2, 0) is 4.74 Å². The molecule has 0 bridgehead atoms. The third-order valence-electron chi connectivity index (χ3n) is 3.91. The molecule has 3 rings (SSSR count). The van der Waals surface area contributed by atoms with Crippen molar-refractivity contribution in [3.63, 3.8) is 0 Å². The Hall–Kier alpha value is -1.81. The Morgan fingerprint density at radius 2 is 2.15 bits per heavy atom. The monoisotopic (exact) mass is 272 g/mol. The van der Waals surface area contributed by atoms with Gasteiger partial charge >= 0.3 is 0 Å². The second kappa shape index (κ2) is 5.67. The molecule has 1 aliphatic heterocycles. The van der Waals surface area contributed by atoms with Crippen LogP contribution in [0, 0.1) is 12.8 Å². The fraction of sp³-hybridized carbons (Fsp3) is 0.438. The minimum absolute atomic E-state index is 0.0228. The third-order valence-corrected chi connectivity index (χ3v) is 3.91. The van der Waals surface area contributed by atoms with Gasteiger partial charge in [-0.3, -0.25) is 4.79 Å². The second-order valence-electron chi connectivity index (χ2n) is 5.54. The largest absolute Gasteiger partial charge is 0.381 e. The first kappa shape index (κ1) is 13.2. The lowest BCUT2D eigenvalue weighted by atomic mass is 10.0. The van der Waals surface area contributed by atoms with Gasteiger partial charge in [-0.1, -0.05) is 12.1 Å². The smallest absolute Gasteiger partial charge is 0.267 e. The maximum absolute atomic E-state index is 12.2. The number of ether oxygens (including phenoxy) is 1. The van der Waals surface area contributed by atoms with E-state index in [1.54, 1.807) is 0 Å². The van der Waals surface area contributed by atoms with Crippen LogP contribution in [0.2, 0.25) is 0 Å². The summed E-state index contributed by atoms with van der Waals surface area (Å²) in [5.41, 5.74) is 2.84. The molecule has 2 heterocycles. The summed E-state index contributed by atoms with van der Waals surface area (Å²) < 4.78 is 5.32. The summed E-state index contributed by atoms with van der Waals surface area (Å²) in [4.78, 5) is 15.4. The highest BCUT2D eigenvalue weighted by Crippen LogP contribution is 2.17. The second-order valence-corrected chi connectivity index (χ2v) is 5.54. The maximum Gasteiger partial charge on any atom is 0.267 e. The standard InChI is InChI=1S/C16H20N2O2/c1-11-2-3-13-9-15(18-14(13)8-11)16(19)17-10-12-4-6-20-7-5-12/h2-3,8-9,12,18H,4-7,10H2,1H3,(H,17,19). The van der Waals surface area contributed by atoms with Gasteiger partial charge in [0.25, 0.3) is 5.91 Å². The molecular weight excluding hydrogens is 252 g/mol. The topological polar surface area (TPSA) is 54.1 Å². The van der Waals surface area contributed by atoms with Crippen LogP contribution in [0.1, 0.15) is 28.9 Å². The third kappa shape index (κ3) is 2.85. The normalized spacial score (nSPS) is 16.4. The van der Waals surface area contributed by atoms with E-state index in [2.05, 4.69) is 22.4 Å². The Balaban J connectivity index is 1.65. The Labute approximate surface area is 118 Å². The fourth-order valence-corrected chi connectivity index (χ4v) is 2.65. The van der Waals surface area contributed by atoms with Crippen molar-refractivity contribution < 1.29 is 9.53 Å². The van der Waals surface area contributed by atoms with Crippen molar-refractivity contribution in [1.29, 1.82) is 0 Å². The molecule has 0 saturated carbocycles. The number of rotatable bonds is 3. The Morgan fingerprint density at radius 1 is 1.35 bits per heavy atom. The molecule has 4 heteroatoms. The van der Waals surface area contributed by atoms with Crippen LogP contribution in [0.25, 0.3) is 10.9 Å². The molecule has 0 spiro atoms. The summed E-state index contributed by atoms with van der Waals surface area (Å²) >= 11 is 0. The molecule has 1 aromatic carbocycles. The molecule has 1 aromatic heterocycles. The first-order valence-corrected chi connectivity index (χ1v) is 7.18. The van der Waals surface area contributed by atoms with Gasteiger partial charge in [-0.2, -0.15) is 0 Å². The van der Waals surface area contributed by atoms with Crippen LogP contribution < -0.4 is 5.32 Å². The molecule has 0 aliphatic carbocycles. The summed E-state index contributed by atoms with van der Waals surface area (Å²) in [5.74, 6) is 0.518. The highest BCUT2D eigenvalue weighted by molar-refractivity contribution is 5.98. The van der Waals surface area contributed by atoms with Crippen LogP contribution in [0.4, 0.5) is 0 Å². The summed E-state index contributed by atoms with van der Waals surface area (Å²) in [7, 11) is 0. The van der Waals surface area contributed by atoms with Gasteiger partial charge in [0.05, 0.1) is 0 Å². The number of carbonyl (C=O) groups excluding carboxylic acids is 1. The number of benzene rings is 1. The molecule has 1 amide bonds. The van der Waals surface area contributed by atoms with Gasteiger partial charge in [-0.05, 0) is 43.4 Å². The molecule has 2 N–H and O–H groups in total. The van der Waals surface area contributed by atoms with Crippen LogP contribution >= 0.6 is 0 Å². The van der Waals surface area contributed by atoms with Crippen LogP contribution in [0.15, 0.2) is 24.3 Å². The number of aryl methyl sites for hydroxylation is 1. The molecule has 1 saturated heterocycles. The zero-order valence-electron chi connectivity index (χ0n) is 11.7. The van der Waals surface area contributed by atoms with E-state index in [4.69, 9.17) is 4.74 Å². The van der Waals surface area contributed by atoms with Gasteiger partial charge in [0.15, 0.2) is 0 Å².